The quantitative estimate of drug-likeness (QED) is 0.382. The van der Waals surface area contributed by atoms with Gasteiger partial charge in [-0.05, 0) is 54.7 Å². The Balaban J connectivity index is 2.03. The predicted molar refractivity (Wildman–Crippen MR) is 89.5 cm³/mol. The zero-order chi connectivity index (χ0) is 16.8. The number of thioether (sulfide) groups is 1. The maximum absolute atomic E-state index is 12.1. The van der Waals surface area contributed by atoms with Crippen LogP contribution in [0, 0.1) is 0 Å². The number of allylic oxidation sites excluding steroid dienone is 4. The molecule has 0 spiro atoms. The Bertz CT molecular complexity index is 702. The lowest BCUT2D eigenvalue weighted by atomic mass is 10.1. The number of oxime groups is 1. The van der Waals surface area contributed by atoms with Crippen LogP contribution in [-0.2, 0) is 9.63 Å². The predicted octanol–water partition coefficient (Wildman–Crippen LogP) is 4.02. The van der Waals surface area contributed by atoms with Crippen molar-refractivity contribution < 1.29 is 19.5 Å². The first kappa shape index (κ1) is 17.0. The standard InChI is InChI=1S/C17H17NO4S/c1-11(18-22-12(2)19)17(21)13-3-7-15(8-4-13)23-16-9-5-14(20)6-10-16/h3-5,7-9,20H,6,10H2,1-2H3/b18-11+. The molecule has 0 fully saturated rings. The van der Waals surface area contributed by atoms with Crippen LogP contribution in [0.25, 0.3) is 0 Å². The second kappa shape index (κ2) is 7.78. The van der Waals surface area contributed by atoms with Crippen molar-refractivity contribution in [2.24, 2.45) is 5.16 Å². The normalized spacial score (nSPS) is 14.8. The topological polar surface area (TPSA) is 76.0 Å². The number of hydrogen-bond donors (Lipinski definition) is 1. The monoisotopic (exact) mass is 331 g/mol. The van der Waals surface area contributed by atoms with Crippen molar-refractivity contribution in [1.82, 2.24) is 0 Å². The molecule has 120 valence electrons. The van der Waals surface area contributed by atoms with Gasteiger partial charge in [0.15, 0.2) is 0 Å². The number of aliphatic hydroxyl groups is 1. The molecule has 0 saturated carbocycles. The summed E-state index contributed by atoms with van der Waals surface area (Å²) in [6.45, 7) is 2.72. The van der Waals surface area contributed by atoms with E-state index in [9.17, 15) is 14.7 Å². The fraction of sp³-hybridized carbons (Fsp3) is 0.235. The first-order valence-corrected chi connectivity index (χ1v) is 7.91. The average Bonchev–Trinajstić information content (AvgIpc) is 2.55. The van der Waals surface area contributed by atoms with Gasteiger partial charge in [-0.1, -0.05) is 16.9 Å². The van der Waals surface area contributed by atoms with Gasteiger partial charge in [-0.3, -0.25) is 4.79 Å². The number of benzene rings is 1. The lowest BCUT2D eigenvalue weighted by Crippen LogP contribution is -2.11. The number of nitrogens with zero attached hydrogens (tertiary/aromatic N) is 1. The molecule has 0 unspecified atom stereocenters. The minimum atomic E-state index is -0.565. The van der Waals surface area contributed by atoms with Gasteiger partial charge in [0.25, 0.3) is 0 Å². The van der Waals surface area contributed by atoms with E-state index in [2.05, 4.69) is 9.99 Å². The molecule has 6 heteroatoms. The van der Waals surface area contributed by atoms with Crippen molar-refractivity contribution in [2.75, 3.05) is 0 Å². The van der Waals surface area contributed by atoms with Crippen LogP contribution in [0.3, 0.4) is 0 Å². The fourth-order valence-corrected chi connectivity index (χ4v) is 2.82. The summed E-state index contributed by atoms with van der Waals surface area (Å²) < 4.78 is 0. The van der Waals surface area contributed by atoms with Crippen molar-refractivity contribution >= 4 is 29.2 Å². The number of ketones is 1. The Morgan fingerprint density at radius 3 is 2.39 bits per heavy atom. The van der Waals surface area contributed by atoms with Gasteiger partial charge in [-0.15, -0.1) is 0 Å². The van der Waals surface area contributed by atoms with Crippen LogP contribution in [0.5, 0.6) is 0 Å². The summed E-state index contributed by atoms with van der Waals surface area (Å²) in [5.74, 6) is -0.449. The van der Waals surface area contributed by atoms with Gasteiger partial charge in [-0.2, -0.15) is 0 Å². The molecular formula is C17H17NO4S. The Kier molecular flexibility index (Phi) is 5.76. The molecule has 0 atom stereocenters. The highest BCUT2D eigenvalue weighted by atomic mass is 32.2. The summed E-state index contributed by atoms with van der Waals surface area (Å²) in [5.41, 5.74) is 0.606. The molecule has 0 saturated heterocycles. The molecule has 0 heterocycles. The third-order valence-electron chi connectivity index (χ3n) is 3.09. The molecule has 0 aliphatic heterocycles. The maximum atomic E-state index is 12.1. The van der Waals surface area contributed by atoms with Gasteiger partial charge in [0, 0.05) is 23.8 Å². The van der Waals surface area contributed by atoms with E-state index in [1.54, 1.807) is 30.0 Å². The Labute approximate surface area is 138 Å². The molecule has 1 aliphatic rings. The van der Waals surface area contributed by atoms with E-state index in [0.717, 1.165) is 16.2 Å². The van der Waals surface area contributed by atoms with Gasteiger partial charge in [0.05, 0.1) is 5.76 Å². The first-order chi connectivity index (χ1) is 11.0. The van der Waals surface area contributed by atoms with Crippen LogP contribution >= 0.6 is 11.8 Å². The number of aliphatic hydroxyl groups excluding tert-OH is 1. The van der Waals surface area contributed by atoms with Gasteiger partial charge >= 0.3 is 5.97 Å². The molecule has 0 amide bonds. The van der Waals surface area contributed by atoms with Gasteiger partial charge in [0.1, 0.15) is 5.71 Å². The maximum Gasteiger partial charge on any atom is 0.331 e. The molecule has 0 bridgehead atoms. The summed E-state index contributed by atoms with van der Waals surface area (Å²) in [6.07, 6.45) is 5.07. The molecule has 23 heavy (non-hydrogen) atoms. The highest BCUT2D eigenvalue weighted by molar-refractivity contribution is 8.03. The van der Waals surface area contributed by atoms with E-state index in [4.69, 9.17) is 0 Å². The first-order valence-electron chi connectivity index (χ1n) is 7.09. The highest BCUT2D eigenvalue weighted by Crippen LogP contribution is 2.32. The Hall–Kier alpha value is -2.34. The van der Waals surface area contributed by atoms with Crippen molar-refractivity contribution in [3.63, 3.8) is 0 Å². The summed E-state index contributed by atoms with van der Waals surface area (Å²) in [4.78, 5) is 29.5. The van der Waals surface area contributed by atoms with E-state index < -0.39 is 5.97 Å². The molecule has 1 aromatic carbocycles. The second-order valence-corrected chi connectivity index (χ2v) is 6.21. The molecular weight excluding hydrogens is 314 g/mol. The van der Waals surface area contributed by atoms with E-state index >= 15 is 0 Å². The van der Waals surface area contributed by atoms with E-state index in [-0.39, 0.29) is 11.5 Å². The molecule has 1 aromatic rings. The Morgan fingerprint density at radius 2 is 1.83 bits per heavy atom. The van der Waals surface area contributed by atoms with Crippen molar-refractivity contribution in [2.45, 2.75) is 31.6 Å². The van der Waals surface area contributed by atoms with Crippen molar-refractivity contribution in [3.05, 3.63) is 52.6 Å². The number of Topliss-reactive ketones (excluding diaryl/α,β-unsaturated/α-hetero) is 1. The smallest absolute Gasteiger partial charge is 0.331 e. The van der Waals surface area contributed by atoms with Gasteiger partial charge in [-0.25, -0.2) is 4.79 Å². The van der Waals surface area contributed by atoms with Crippen LogP contribution < -0.4 is 0 Å². The zero-order valence-electron chi connectivity index (χ0n) is 12.9. The third kappa shape index (κ3) is 5.10. The van der Waals surface area contributed by atoms with Crippen molar-refractivity contribution in [1.29, 1.82) is 0 Å². The van der Waals surface area contributed by atoms with Crippen LogP contribution in [0.1, 0.15) is 37.0 Å². The van der Waals surface area contributed by atoms with E-state index in [1.165, 1.54) is 13.8 Å². The lowest BCUT2D eigenvalue weighted by molar-refractivity contribution is -0.140. The number of carbonyl (C=O) groups is 2. The second-order valence-electron chi connectivity index (χ2n) is 5.01. The number of rotatable bonds is 5. The summed E-state index contributed by atoms with van der Waals surface area (Å²) in [7, 11) is 0. The van der Waals surface area contributed by atoms with Crippen LogP contribution in [0.15, 0.2) is 57.1 Å². The fourth-order valence-electron chi connectivity index (χ4n) is 1.90. The van der Waals surface area contributed by atoms with E-state index in [0.29, 0.717) is 17.7 Å². The van der Waals surface area contributed by atoms with Crippen LogP contribution in [0.4, 0.5) is 0 Å². The molecule has 5 nitrogen and oxygen atoms in total. The molecule has 1 N–H and O–H groups in total. The average molecular weight is 331 g/mol. The summed E-state index contributed by atoms with van der Waals surface area (Å²) >= 11 is 1.60. The van der Waals surface area contributed by atoms with Gasteiger partial charge < -0.3 is 9.94 Å². The SMILES string of the molecule is CC(=O)O/N=C(\C)C(=O)c1ccc(SC2=CC=C(O)CC2)cc1. The highest BCUT2D eigenvalue weighted by Gasteiger charge is 2.12. The molecule has 0 aromatic heterocycles. The van der Waals surface area contributed by atoms with Crippen LogP contribution in [-0.4, -0.2) is 22.6 Å². The lowest BCUT2D eigenvalue weighted by Gasteiger charge is -2.10. The summed E-state index contributed by atoms with van der Waals surface area (Å²) in [6, 6.07) is 7.15. The minimum Gasteiger partial charge on any atom is -0.512 e. The third-order valence-corrected chi connectivity index (χ3v) is 4.20. The Morgan fingerprint density at radius 1 is 1.13 bits per heavy atom. The van der Waals surface area contributed by atoms with Crippen LogP contribution in [0.2, 0.25) is 0 Å². The zero-order valence-corrected chi connectivity index (χ0v) is 13.7. The number of carbonyl (C=O) groups excluding carboxylic acids is 2. The largest absolute Gasteiger partial charge is 0.512 e. The van der Waals surface area contributed by atoms with E-state index in [1.807, 2.05) is 18.2 Å². The molecule has 2 rings (SSSR count). The number of hydrogen-bond acceptors (Lipinski definition) is 6. The summed E-state index contributed by atoms with van der Waals surface area (Å²) in [5, 5.41) is 12.8. The minimum absolute atomic E-state index is 0.121. The molecule has 0 radical (unpaired) electrons. The van der Waals surface area contributed by atoms with Gasteiger partial charge in [0.2, 0.25) is 5.78 Å². The molecule has 1 aliphatic carbocycles. The van der Waals surface area contributed by atoms with Crippen molar-refractivity contribution in [3.8, 4) is 0 Å².